The highest BCUT2D eigenvalue weighted by atomic mass is 16.5. The highest BCUT2D eigenvalue weighted by Crippen LogP contribution is 2.36. The Morgan fingerprint density at radius 3 is 2.47 bits per heavy atom. The van der Waals surface area contributed by atoms with Crippen LogP contribution < -0.4 is 0 Å². The first-order valence-corrected chi connectivity index (χ1v) is 6.52. The Balaban J connectivity index is 2.55. The highest BCUT2D eigenvalue weighted by Gasteiger charge is 2.41. The number of hydrogen-bond donors (Lipinski definition) is 1. The summed E-state index contributed by atoms with van der Waals surface area (Å²) in [6, 6.07) is 0.383. The van der Waals surface area contributed by atoms with Crippen LogP contribution in [0.2, 0.25) is 0 Å². The van der Waals surface area contributed by atoms with Gasteiger partial charge in [0.25, 0.3) is 0 Å². The maximum atomic E-state index is 11.4. The Labute approximate surface area is 104 Å². The standard InChI is InChI=1S/C13H25NO3/c1-4-5-13(12(15)16)6-8-14(9-7-13)11(2)10-17-3/h11H,4-10H2,1-3H3,(H,15,16). The summed E-state index contributed by atoms with van der Waals surface area (Å²) in [7, 11) is 1.71. The molecule has 0 bridgehead atoms. The molecule has 0 amide bonds. The molecule has 1 aliphatic heterocycles. The number of aliphatic carboxylic acids is 1. The molecule has 0 saturated carbocycles. The summed E-state index contributed by atoms with van der Waals surface area (Å²) in [6.07, 6.45) is 3.28. The van der Waals surface area contributed by atoms with Gasteiger partial charge in [-0.05, 0) is 39.3 Å². The smallest absolute Gasteiger partial charge is 0.309 e. The molecule has 1 atom stereocenters. The minimum absolute atomic E-state index is 0.383. The van der Waals surface area contributed by atoms with Crippen molar-refractivity contribution in [3.8, 4) is 0 Å². The summed E-state index contributed by atoms with van der Waals surface area (Å²) >= 11 is 0. The van der Waals surface area contributed by atoms with Crippen molar-refractivity contribution < 1.29 is 14.6 Å². The second-order valence-corrected chi connectivity index (χ2v) is 5.18. The van der Waals surface area contributed by atoms with E-state index in [1.54, 1.807) is 7.11 Å². The van der Waals surface area contributed by atoms with Crippen LogP contribution in [0.5, 0.6) is 0 Å². The first-order valence-electron chi connectivity index (χ1n) is 6.52. The van der Waals surface area contributed by atoms with E-state index in [1.807, 2.05) is 0 Å². The SMILES string of the molecule is CCCC1(C(=O)O)CCN(C(C)COC)CC1. The lowest BCUT2D eigenvalue weighted by Crippen LogP contribution is -2.48. The van der Waals surface area contributed by atoms with Crippen LogP contribution in [0.1, 0.15) is 39.5 Å². The molecule has 1 saturated heterocycles. The average Bonchev–Trinajstić information content (AvgIpc) is 2.30. The molecule has 1 N–H and O–H groups in total. The molecular formula is C13H25NO3. The normalized spacial score (nSPS) is 22.3. The minimum Gasteiger partial charge on any atom is -0.481 e. The summed E-state index contributed by atoms with van der Waals surface area (Å²) in [5.41, 5.74) is -0.474. The number of carboxylic acid groups (broad SMARTS) is 1. The third kappa shape index (κ3) is 3.42. The number of piperidine rings is 1. The van der Waals surface area contributed by atoms with Crippen molar-refractivity contribution in [1.29, 1.82) is 0 Å². The third-order valence-corrected chi connectivity index (χ3v) is 3.97. The zero-order chi connectivity index (χ0) is 12.9. The van der Waals surface area contributed by atoms with E-state index in [4.69, 9.17) is 4.74 Å². The van der Waals surface area contributed by atoms with Gasteiger partial charge in [0, 0.05) is 13.2 Å². The number of hydrogen-bond acceptors (Lipinski definition) is 3. The molecule has 0 aromatic carbocycles. The number of carboxylic acids is 1. The first kappa shape index (κ1) is 14.5. The highest BCUT2D eigenvalue weighted by molar-refractivity contribution is 5.74. The number of rotatable bonds is 6. The lowest BCUT2D eigenvalue weighted by molar-refractivity contribution is -0.153. The van der Waals surface area contributed by atoms with Gasteiger partial charge in [-0.25, -0.2) is 0 Å². The van der Waals surface area contributed by atoms with E-state index in [0.717, 1.165) is 38.8 Å². The summed E-state index contributed by atoms with van der Waals surface area (Å²) in [5.74, 6) is -0.613. The van der Waals surface area contributed by atoms with Gasteiger partial charge in [-0.1, -0.05) is 13.3 Å². The van der Waals surface area contributed by atoms with Crippen molar-refractivity contribution >= 4 is 5.97 Å². The maximum absolute atomic E-state index is 11.4. The molecular weight excluding hydrogens is 218 g/mol. The summed E-state index contributed by atoms with van der Waals surface area (Å²) in [6.45, 7) is 6.66. The average molecular weight is 243 g/mol. The predicted molar refractivity (Wildman–Crippen MR) is 67.1 cm³/mol. The molecule has 0 spiro atoms. The largest absolute Gasteiger partial charge is 0.481 e. The van der Waals surface area contributed by atoms with E-state index >= 15 is 0 Å². The van der Waals surface area contributed by atoms with Crippen molar-refractivity contribution in [3.05, 3.63) is 0 Å². The summed E-state index contributed by atoms with van der Waals surface area (Å²) in [4.78, 5) is 13.8. The number of methoxy groups -OCH3 is 1. The zero-order valence-corrected chi connectivity index (χ0v) is 11.2. The number of carbonyl (C=O) groups is 1. The van der Waals surface area contributed by atoms with Crippen molar-refractivity contribution in [2.75, 3.05) is 26.8 Å². The Morgan fingerprint density at radius 2 is 2.06 bits per heavy atom. The van der Waals surface area contributed by atoms with Gasteiger partial charge in [0.15, 0.2) is 0 Å². The van der Waals surface area contributed by atoms with Crippen molar-refractivity contribution in [1.82, 2.24) is 4.90 Å². The molecule has 0 aromatic rings. The van der Waals surface area contributed by atoms with Gasteiger partial charge in [0.1, 0.15) is 0 Å². The fourth-order valence-corrected chi connectivity index (χ4v) is 2.79. The fourth-order valence-electron chi connectivity index (χ4n) is 2.79. The summed E-state index contributed by atoms with van der Waals surface area (Å²) < 4.78 is 5.15. The van der Waals surface area contributed by atoms with Crippen LogP contribution >= 0.6 is 0 Å². The molecule has 4 heteroatoms. The molecule has 1 fully saturated rings. The van der Waals surface area contributed by atoms with Gasteiger partial charge in [-0.2, -0.15) is 0 Å². The monoisotopic (exact) mass is 243 g/mol. The fraction of sp³-hybridized carbons (Fsp3) is 0.923. The number of nitrogens with zero attached hydrogens (tertiary/aromatic N) is 1. The van der Waals surface area contributed by atoms with E-state index in [1.165, 1.54) is 0 Å². The van der Waals surface area contributed by atoms with E-state index in [2.05, 4.69) is 18.7 Å². The van der Waals surface area contributed by atoms with Crippen molar-refractivity contribution in [2.24, 2.45) is 5.41 Å². The molecule has 0 aliphatic carbocycles. The Morgan fingerprint density at radius 1 is 1.47 bits per heavy atom. The topological polar surface area (TPSA) is 49.8 Å². The lowest BCUT2D eigenvalue weighted by Gasteiger charge is -2.41. The Kier molecular flexibility index (Phi) is 5.40. The zero-order valence-electron chi connectivity index (χ0n) is 11.2. The van der Waals surface area contributed by atoms with E-state index in [0.29, 0.717) is 12.6 Å². The second-order valence-electron chi connectivity index (χ2n) is 5.18. The van der Waals surface area contributed by atoms with E-state index < -0.39 is 11.4 Å². The molecule has 1 aliphatic rings. The van der Waals surface area contributed by atoms with Gasteiger partial charge in [0.2, 0.25) is 0 Å². The van der Waals surface area contributed by atoms with Crippen LogP contribution in [0.4, 0.5) is 0 Å². The quantitative estimate of drug-likeness (QED) is 0.775. The Bertz CT molecular complexity index is 247. The Hall–Kier alpha value is -0.610. The van der Waals surface area contributed by atoms with Gasteiger partial charge in [0.05, 0.1) is 12.0 Å². The maximum Gasteiger partial charge on any atom is 0.309 e. The third-order valence-electron chi connectivity index (χ3n) is 3.97. The van der Waals surface area contributed by atoms with E-state index in [9.17, 15) is 9.90 Å². The second kappa shape index (κ2) is 6.36. The molecule has 17 heavy (non-hydrogen) atoms. The van der Waals surface area contributed by atoms with Crippen LogP contribution in [0.3, 0.4) is 0 Å². The number of ether oxygens (including phenoxy) is 1. The minimum atomic E-state index is -0.613. The van der Waals surface area contributed by atoms with Crippen LogP contribution in [0, 0.1) is 5.41 Å². The molecule has 0 aromatic heterocycles. The predicted octanol–water partition coefficient (Wildman–Crippen LogP) is 1.99. The lowest BCUT2D eigenvalue weighted by atomic mass is 9.75. The molecule has 1 rings (SSSR count). The van der Waals surface area contributed by atoms with Crippen LogP contribution in [-0.4, -0.2) is 48.8 Å². The molecule has 1 heterocycles. The van der Waals surface area contributed by atoms with Crippen LogP contribution in [-0.2, 0) is 9.53 Å². The molecule has 4 nitrogen and oxygen atoms in total. The van der Waals surface area contributed by atoms with Crippen molar-refractivity contribution in [3.63, 3.8) is 0 Å². The van der Waals surface area contributed by atoms with Gasteiger partial charge >= 0.3 is 5.97 Å². The van der Waals surface area contributed by atoms with Crippen molar-refractivity contribution in [2.45, 2.75) is 45.6 Å². The summed E-state index contributed by atoms with van der Waals surface area (Å²) in [5, 5.41) is 9.40. The van der Waals surface area contributed by atoms with Gasteiger partial charge in [-0.15, -0.1) is 0 Å². The van der Waals surface area contributed by atoms with Crippen LogP contribution in [0.25, 0.3) is 0 Å². The van der Waals surface area contributed by atoms with Gasteiger partial charge < -0.3 is 9.84 Å². The van der Waals surface area contributed by atoms with Gasteiger partial charge in [-0.3, -0.25) is 9.69 Å². The van der Waals surface area contributed by atoms with E-state index in [-0.39, 0.29) is 0 Å². The first-order chi connectivity index (χ1) is 8.05. The molecule has 100 valence electrons. The molecule has 0 radical (unpaired) electrons. The molecule has 1 unspecified atom stereocenters. The number of likely N-dealkylation sites (tertiary alicyclic amines) is 1. The van der Waals surface area contributed by atoms with Crippen LogP contribution in [0.15, 0.2) is 0 Å².